The fourth-order valence-corrected chi connectivity index (χ4v) is 1.27. The summed E-state index contributed by atoms with van der Waals surface area (Å²) in [6, 6.07) is 8.40. The van der Waals surface area contributed by atoms with E-state index < -0.39 is 13.4 Å². The molecule has 0 saturated heterocycles. The zero-order chi connectivity index (χ0) is 17.8. The molecule has 0 saturated carbocycles. The Morgan fingerprint density at radius 1 is 0.783 bits per heavy atom. The van der Waals surface area contributed by atoms with E-state index in [2.05, 4.69) is 61.0 Å². The summed E-state index contributed by atoms with van der Waals surface area (Å²) in [4.78, 5) is 45.3. The second-order valence-electron chi connectivity index (χ2n) is 3.78. The van der Waals surface area contributed by atoms with Crippen LogP contribution in [-0.2, 0) is 55.9 Å². The minimum Gasteiger partial charge on any atom is -0.325 e. The van der Waals surface area contributed by atoms with Gasteiger partial charge in [-0.2, -0.15) is 0 Å². The van der Waals surface area contributed by atoms with E-state index >= 15 is 0 Å². The summed E-state index contributed by atoms with van der Waals surface area (Å²) in [6.07, 6.45) is 5.76. The Balaban J connectivity index is -0.000000307. The molecule has 0 atom stereocenters. The van der Waals surface area contributed by atoms with Gasteiger partial charge in [-0.1, -0.05) is 36.4 Å². The first kappa shape index (κ1) is 28.2. The number of rotatable bonds is 4. The van der Waals surface area contributed by atoms with Crippen LogP contribution in [0.25, 0.3) is 0 Å². The fraction of sp³-hybridized carbons (Fsp3) is 0.167. The number of benzene rings is 1. The molecule has 0 bridgehead atoms. The molecule has 1 aromatic carbocycles. The molecule has 6 nitrogen and oxygen atoms in total. The first-order valence-corrected chi connectivity index (χ1v) is 11.1. The predicted octanol–water partition coefficient (Wildman–Crippen LogP) is 1.52. The van der Waals surface area contributed by atoms with E-state index in [1.165, 1.54) is 11.1 Å². The molecular weight excluding hydrogens is 432 g/mol. The summed E-state index contributed by atoms with van der Waals surface area (Å²) in [5.41, 5.74) is 2.71. The van der Waals surface area contributed by atoms with Gasteiger partial charge in [0, 0.05) is 19.5 Å². The summed E-state index contributed by atoms with van der Waals surface area (Å²) < 4.78 is 0. The van der Waals surface area contributed by atoms with Crippen LogP contribution in [0, 0.1) is 0 Å². The predicted molar refractivity (Wildman–Crippen MR) is 96.1 cm³/mol. The van der Waals surface area contributed by atoms with E-state index in [4.69, 9.17) is 29.4 Å². The monoisotopic (exact) mass is 450 g/mol. The van der Waals surface area contributed by atoms with Crippen LogP contribution < -0.4 is 0 Å². The van der Waals surface area contributed by atoms with E-state index in [1.54, 1.807) is 0 Å². The molecule has 0 aromatic heterocycles. The first-order chi connectivity index (χ1) is 9.88. The maximum Gasteiger partial charge on any atom is 0.319 e. The topological polar surface area (TPSA) is 121 Å². The van der Waals surface area contributed by atoms with E-state index in [9.17, 15) is 0 Å². The Bertz CT molecular complexity index is 493. The van der Waals surface area contributed by atoms with Crippen molar-refractivity contribution < 1.29 is 48.8 Å². The molecule has 0 heterocycles. The Labute approximate surface area is 159 Å². The smallest absolute Gasteiger partial charge is 0.319 e. The normalized spacial score (nSPS) is 10.0. The van der Waals surface area contributed by atoms with E-state index in [1.807, 2.05) is 12.2 Å². The van der Waals surface area contributed by atoms with Crippen molar-refractivity contribution >= 4 is 37.1 Å². The molecular formula is C12H20O6P2S2Zn. The van der Waals surface area contributed by atoms with Gasteiger partial charge in [-0.3, -0.25) is 0 Å². The quantitative estimate of drug-likeness (QED) is 0.231. The molecule has 0 radical (unpaired) electrons. The molecule has 23 heavy (non-hydrogen) atoms. The number of hydrogen-bond acceptors (Lipinski definition) is 2. The second kappa shape index (κ2) is 14.7. The molecule has 0 aliphatic rings. The van der Waals surface area contributed by atoms with Crippen LogP contribution in [-0.4, -0.2) is 29.4 Å². The Hall–Kier alpha value is 0.383. The van der Waals surface area contributed by atoms with Crippen LogP contribution in [0.3, 0.4) is 0 Å². The van der Waals surface area contributed by atoms with Crippen LogP contribution in [0.4, 0.5) is 0 Å². The van der Waals surface area contributed by atoms with E-state index in [-0.39, 0.29) is 19.5 Å². The van der Waals surface area contributed by atoms with Gasteiger partial charge in [0.05, 0.1) is 0 Å². The van der Waals surface area contributed by atoms with Crippen molar-refractivity contribution in [2.24, 2.45) is 0 Å². The zero-order valence-corrected chi connectivity index (χ0v) is 18.8. The molecule has 128 valence electrons. The van der Waals surface area contributed by atoms with Gasteiger partial charge in [0.2, 0.25) is 0 Å². The molecule has 0 unspecified atom stereocenters. The Morgan fingerprint density at radius 3 is 1.17 bits per heavy atom. The van der Waals surface area contributed by atoms with Crippen molar-refractivity contribution in [2.45, 2.75) is 12.8 Å². The molecule has 1 aromatic rings. The van der Waals surface area contributed by atoms with Crippen molar-refractivity contribution in [1.82, 2.24) is 0 Å². The number of hydrogen-bond donors (Lipinski definition) is 6. The Morgan fingerprint density at radius 2 is 1.00 bits per heavy atom. The van der Waals surface area contributed by atoms with Gasteiger partial charge in [0.1, 0.15) is 0 Å². The average molecular weight is 452 g/mol. The minimum absolute atomic E-state index is 0. The van der Waals surface area contributed by atoms with Crippen LogP contribution >= 0.6 is 13.4 Å². The van der Waals surface area contributed by atoms with Gasteiger partial charge in [-0.05, 0) is 47.6 Å². The SMILES string of the molecule is C=CCc1ccccc1CC=C.OP(O)(O)=S.OP(O)(O)=S.[Zn]. The van der Waals surface area contributed by atoms with Gasteiger partial charge in [0.25, 0.3) is 0 Å². The van der Waals surface area contributed by atoms with Crippen molar-refractivity contribution in [3.8, 4) is 0 Å². The van der Waals surface area contributed by atoms with E-state index in [0.717, 1.165) is 12.8 Å². The summed E-state index contributed by atoms with van der Waals surface area (Å²) in [6.45, 7) is -0.148. The van der Waals surface area contributed by atoms with Crippen LogP contribution in [0.1, 0.15) is 11.1 Å². The molecule has 0 aliphatic carbocycles. The maximum absolute atomic E-state index is 7.56. The molecule has 0 amide bonds. The zero-order valence-electron chi connectivity index (χ0n) is 12.4. The van der Waals surface area contributed by atoms with Gasteiger partial charge in [-0.15, -0.1) is 13.2 Å². The summed E-state index contributed by atoms with van der Waals surface area (Å²) in [7, 11) is 0. The van der Waals surface area contributed by atoms with Gasteiger partial charge < -0.3 is 29.4 Å². The van der Waals surface area contributed by atoms with Crippen molar-refractivity contribution in [3.63, 3.8) is 0 Å². The van der Waals surface area contributed by atoms with Crippen LogP contribution in [0.15, 0.2) is 49.6 Å². The largest absolute Gasteiger partial charge is 0.325 e. The molecule has 0 fully saturated rings. The standard InChI is InChI=1S/C12H14.2H3O3PS.Zn/c1-3-7-11-9-5-6-10-12(11)8-4-2;2*1-4(2,3)5;/h3-6,9-10H,1-2,7-8H2;2*(H3,1,2,3,5);. The van der Waals surface area contributed by atoms with E-state index in [0.29, 0.717) is 0 Å². The van der Waals surface area contributed by atoms with Gasteiger partial charge in [-0.25, -0.2) is 0 Å². The van der Waals surface area contributed by atoms with Crippen molar-refractivity contribution in [3.05, 3.63) is 60.7 Å². The van der Waals surface area contributed by atoms with Crippen LogP contribution in [0.2, 0.25) is 0 Å². The molecule has 11 heteroatoms. The van der Waals surface area contributed by atoms with Crippen molar-refractivity contribution in [2.75, 3.05) is 0 Å². The van der Waals surface area contributed by atoms with Gasteiger partial charge >= 0.3 is 13.4 Å². The van der Waals surface area contributed by atoms with Crippen LogP contribution in [0.5, 0.6) is 0 Å². The third kappa shape index (κ3) is 30.8. The molecule has 0 spiro atoms. The second-order valence-corrected chi connectivity index (χ2v) is 8.77. The third-order valence-corrected chi connectivity index (χ3v) is 1.85. The number of allylic oxidation sites excluding steroid dienone is 2. The summed E-state index contributed by atoms with van der Waals surface area (Å²) >= 11 is 7.21. The van der Waals surface area contributed by atoms with Crippen molar-refractivity contribution in [1.29, 1.82) is 0 Å². The molecule has 0 aliphatic heterocycles. The summed E-state index contributed by atoms with van der Waals surface area (Å²) in [5.74, 6) is 0. The Kier molecular flexibility index (Phi) is 18.0. The minimum atomic E-state index is -3.81. The van der Waals surface area contributed by atoms with Gasteiger partial charge in [0.15, 0.2) is 0 Å². The fourth-order valence-electron chi connectivity index (χ4n) is 1.27. The molecule has 6 N–H and O–H groups in total. The molecule has 1 rings (SSSR count). The third-order valence-electron chi connectivity index (χ3n) is 1.85. The first-order valence-electron chi connectivity index (χ1n) is 5.73. The summed E-state index contributed by atoms with van der Waals surface area (Å²) in [5, 5.41) is 0. The maximum atomic E-state index is 7.56. The average Bonchev–Trinajstić information content (AvgIpc) is 2.28.